The van der Waals surface area contributed by atoms with E-state index >= 15 is 0 Å². The predicted molar refractivity (Wildman–Crippen MR) is 76.9 cm³/mol. The first-order chi connectivity index (χ1) is 8.81. The summed E-state index contributed by atoms with van der Waals surface area (Å²) < 4.78 is 5.55. The molecule has 0 aliphatic rings. The van der Waals surface area contributed by atoms with Gasteiger partial charge in [-0.1, -0.05) is 48.5 Å². The van der Waals surface area contributed by atoms with Gasteiger partial charge in [0, 0.05) is 7.11 Å². The van der Waals surface area contributed by atoms with Gasteiger partial charge in [0.25, 0.3) is 0 Å². The highest BCUT2D eigenvalue weighted by molar-refractivity contribution is 6.02. The lowest BCUT2D eigenvalue weighted by Gasteiger charge is -2.16. The smallest absolute Gasteiger partial charge is 0.0805 e. The molecule has 18 heavy (non-hydrogen) atoms. The Labute approximate surface area is 107 Å². The minimum absolute atomic E-state index is 0.0981. The SMILES string of the molecule is CO[C@@H](C)c1c2ccccc2cc2ccccc12. The zero-order valence-electron chi connectivity index (χ0n) is 10.7. The molecule has 1 atom stereocenters. The van der Waals surface area contributed by atoms with Crippen LogP contribution in [0.25, 0.3) is 21.5 Å². The van der Waals surface area contributed by atoms with Crippen LogP contribution in [0.15, 0.2) is 54.6 Å². The van der Waals surface area contributed by atoms with Crippen molar-refractivity contribution in [1.82, 2.24) is 0 Å². The molecule has 0 radical (unpaired) electrons. The average molecular weight is 236 g/mol. The molecule has 3 aromatic rings. The molecule has 0 aliphatic carbocycles. The van der Waals surface area contributed by atoms with Gasteiger partial charge < -0.3 is 4.74 Å². The summed E-state index contributed by atoms with van der Waals surface area (Å²) in [7, 11) is 1.77. The van der Waals surface area contributed by atoms with Gasteiger partial charge in [-0.2, -0.15) is 0 Å². The van der Waals surface area contributed by atoms with Crippen LogP contribution in [0.5, 0.6) is 0 Å². The fourth-order valence-electron chi connectivity index (χ4n) is 2.60. The summed E-state index contributed by atoms with van der Waals surface area (Å²) >= 11 is 0. The molecule has 0 spiro atoms. The Kier molecular flexibility index (Phi) is 2.77. The third-order valence-corrected chi connectivity index (χ3v) is 3.57. The van der Waals surface area contributed by atoms with Gasteiger partial charge >= 0.3 is 0 Å². The van der Waals surface area contributed by atoms with Crippen molar-refractivity contribution in [3.05, 3.63) is 60.2 Å². The van der Waals surface area contributed by atoms with Crippen LogP contribution < -0.4 is 0 Å². The third kappa shape index (κ3) is 1.68. The lowest BCUT2D eigenvalue weighted by atomic mass is 9.94. The Morgan fingerprint density at radius 1 is 0.833 bits per heavy atom. The molecule has 0 N–H and O–H groups in total. The van der Waals surface area contributed by atoms with E-state index in [9.17, 15) is 0 Å². The monoisotopic (exact) mass is 236 g/mol. The van der Waals surface area contributed by atoms with Crippen molar-refractivity contribution in [3.8, 4) is 0 Å². The van der Waals surface area contributed by atoms with Crippen LogP contribution >= 0.6 is 0 Å². The first-order valence-corrected chi connectivity index (χ1v) is 6.24. The van der Waals surface area contributed by atoms with Crippen LogP contribution in [-0.4, -0.2) is 7.11 Å². The van der Waals surface area contributed by atoms with Gasteiger partial charge in [-0.25, -0.2) is 0 Å². The molecule has 1 heteroatoms. The number of hydrogen-bond donors (Lipinski definition) is 0. The average Bonchev–Trinajstić information content (AvgIpc) is 2.44. The van der Waals surface area contributed by atoms with Crippen LogP contribution in [0.3, 0.4) is 0 Å². The van der Waals surface area contributed by atoms with Crippen molar-refractivity contribution >= 4 is 21.5 Å². The molecule has 0 saturated carbocycles. The minimum Gasteiger partial charge on any atom is -0.377 e. The van der Waals surface area contributed by atoms with Gasteiger partial charge in [0.1, 0.15) is 0 Å². The van der Waals surface area contributed by atoms with E-state index in [1.54, 1.807) is 7.11 Å². The van der Waals surface area contributed by atoms with E-state index in [0.29, 0.717) is 0 Å². The number of hydrogen-bond acceptors (Lipinski definition) is 1. The molecule has 0 aromatic heterocycles. The topological polar surface area (TPSA) is 9.23 Å². The van der Waals surface area contributed by atoms with Gasteiger partial charge in [0.2, 0.25) is 0 Å². The van der Waals surface area contributed by atoms with Crippen molar-refractivity contribution < 1.29 is 4.74 Å². The summed E-state index contributed by atoms with van der Waals surface area (Å²) in [5, 5.41) is 5.11. The zero-order chi connectivity index (χ0) is 12.5. The number of methoxy groups -OCH3 is 1. The normalized spacial score (nSPS) is 13.0. The lowest BCUT2D eigenvalue weighted by molar-refractivity contribution is 0.122. The molecule has 0 heterocycles. The summed E-state index contributed by atoms with van der Waals surface area (Å²) in [6.07, 6.45) is 0.0981. The summed E-state index contributed by atoms with van der Waals surface area (Å²) in [5.74, 6) is 0. The van der Waals surface area contributed by atoms with Crippen LogP contribution in [0, 0.1) is 0 Å². The molecule has 0 unspecified atom stereocenters. The Bertz CT molecular complexity index is 646. The van der Waals surface area contributed by atoms with Gasteiger partial charge in [-0.3, -0.25) is 0 Å². The van der Waals surface area contributed by atoms with Crippen LogP contribution in [0.4, 0.5) is 0 Å². The Morgan fingerprint density at radius 2 is 1.33 bits per heavy atom. The van der Waals surface area contributed by atoms with Gasteiger partial charge in [0.05, 0.1) is 6.10 Å². The highest BCUT2D eigenvalue weighted by Crippen LogP contribution is 2.33. The van der Waals surface area contributed by atoms with Gasteiger partial charge in [-0.05, 0) is 40.1 Å². The fraction of sp³-hybridized carbons (Fsp3) is 0.176. The molecule has 1 nitrogen and oxygen atoms in total. The summed E-state index contributed by atoms with van der Waals surface area (Å²) in [5.41, 5.74) is 1.28. The molecule has 0 amide bonds. The Hall–Kier alpha value is -1.86. The van der Waals surface area contributed by atoms with Crippen LogP contribution in [0.1, 0.15) is 18.6 Å². The third-order valence-electron chi connectivity index (χ3n) is 3.57. The second-order valence-corrected chi connectivity index (χ2v) is 4.61. The fourth-order valence-corrected chi connectivity index (χ4v) is 2.60. The predicted octanol–water partition coefficient (Wildman–Crippen LogP) is 4.70. The quantitative estimate of drug-likeness (QED) is 0.586. The minimum atomic E-state index is 0.0981. The number of fused-ring (bicyclic) bond motifs is 2. The molecule has 90 valence electrons. The molecular formula is C17H16O. The standard InChI is InChI=1S/C17H16O/c1-12(18-2)17-15-9-5-3-7-13(15)11-14-8-4-6-10-16(14)17/h3-12H,1-2H3/t12-/m0/s1. The molecule has 0 bridgehead atoms. The van der Waals surface area contributed by atoms with E-state index in [1.807, 2.05) is 0 Å². The first kappa shape index (κ1) is 11.2. The molecule has 3 rings (SSSR count). The van der Waals surface area contributed by atoms with Crippen molar-refractivity contribution in [2.24, 2.45) is 0 Å². The molecule has 3 aromatic carbocycles. The summed E-state index contributed by atoms with van der Waals surface area (Å²) in [4.78, 5) is 0. The van der Waals surface area contributed by atoms with E-state index in [-0.39, 0.29) is 6.10 Å². The molecule has 0 fully saturated rings. The summed E-state index contributed by atoms with van der Waals surface area (Å²) in [6, 6.07) is 19.2. The second kappa shape index (κ2) is 4.43. The lowest BCUT2D eigenvalue weighted by Crippen LogP contribution is -1.98. The molecule has 0 saturated heterocycles. The zero-order valence-corrected chi connectivity index (χ0v) is 10.7. The van der Waals surface area contributed by atoms with E-state index in [1.165, 1.54) is 27.1 Å². The van der Waals surface area contributed by atoms with Crippen LogP contribution in [-0.2, 0) is 4.74 Å². The van der Waals surface area contributed by atoms with E-state index in [0.717, 1.165) is 0 Å². The van der Waals surface area contributed by atoms with Gasteiger partial charge in [-0.15, -0.1) is 0 Å². The van der Waals surface area contributed by atoms with Crippen LogP contribution in [0.2, 0.25) is 0 Å². The largest absolute Gasteiger partial charge is 0.377 e. The first-order valence-electron chi connectivity index (χ1n) is 6.24. The number of benzene rings is 3. The molecule has 0 aliphatic heterocycles. The second-order valence-electron chi connectivity index (χ2n) is 4.61. The Morgan fingerprint density at radius 3 is 1.83 bits per heavy atom. The van der Waals surface area contributed by atoms with Crippen molar-refractivity contribution in [1.29, 1.82) is 0 Å². The van der Waals surface area contributed by atoms with Crippen molar-refractivity contribution in [3.63, 3.8) is 0 Å². The van der Waals surface area contributed by atoms with Gasteiger partial charge in [0.15, 0.2) is 0 Å². The number of ether oxygens (including phenoxy) is 1. The Balaban J connectivity index is 2.49. The summed E-state index contributed by atoms with van der Waals surface area (Å²) in [6.45, 7) is 2.11. The van der Waals surface area contributed by atoms with E-state index < -0.39 is 0 Å². The maximum Gasteiger partial charge on any atom is 0.0805 e. The van der Waals surface area contributed by atoms with E-state index in [4.69, 9.17) is 4.74 Å². The number of rotatable bonds is 2. The molecular weight excluding hydrogens is 220 g/mol. The maximum atomic E-state index is 5.55. The maximum absolute atomic E-state index is 5.55. The highest BCUT2D eigenvalue weighted by atomic mass is 16.5. The highest BCUT2D eigenvalue weighted by Gasteiger charge is 2.12. The van der Waals surface area contributed by atoms with Crippen molar-refractivity contribution in [2.75, 3.05) is 7.11 Å². The van der Waals surface area contributed by atoms with Crippen molar-refractivity contribution in [2.45, 2.75) is 13.0 Å². The van der Waals surface area contributed by atoms with E-state index in [2.05, 4.69) is 61.5 Å².